The van der Waals surface area contributed by atoms with E-state index in [9.17, 15) is 14.4 Å². The van der Waals surface area contributed by atoms with Crippen LogP contribution >= 0.6 is 0 Å². The van der Waals surface area contributed by atoms with E-state index in [4.69, 9.17) is 14.2 Å². The van der Waals surface area contributed by atoms with Crippen LogP contribution in [0.2, 0.25) is 0 Å². The molecule has 1 fully saturated rings. The number of carbonyl (C=O) groups excluding carboxylic acids is 3. The van der Waals surface area contributed by atoms with E-state index in [1.807, 2.05) is 26.8 Å². The molecule has 3 rings (SSSR count). The zero-order valence-electron chi connectivity index (χ0n) is 19.1. The van der Waals surface area contributed by atoms with Crippen LogP contribution in [0.1, 0.15) is 56.8 Å². The van der Waals surface area contributed by atoms with Crippen LogP contribution in [0.25, 0.3) is 0 Å². The molecule has 1 heterocycles. The average molecular weight is 439 g/mol. The quantitative estimate of drug-likeness (QED) is 0.452. The number of hydrogen-bond donors (Lipinski definition) is 0. The lowest BCUT2D eigenvalue weighted by Gasteiger charge is -2.34. The first kappa shape index (κ1) is 23.5. The van der Waals surface area contributed by atoms with Crippen molar-refractivity contribution in [2.45, 2.75) is 58.7 Å². The van der Waals surface area contributed by atoms with Crippen molar-refractivity contribution in [3.63, 3.8) is 0 Å². The van der Waals surface area contributed by atoms with Crippen LogP contribution in [0, 0.1) is 5.41 Å². The molecule has 1 aliphatic heterocycles. The van der Waals surface area contributed by atoms with Gasteiger partial charge in [0.05, 0.1) is 18.9 Å². The number of cyclic esters (lactones) is 1. The summed E-state index contributed by atoms with van der Waals surface area (Å²) in [6, 6.07) is 6.80. The van der Waals surface area contributed by atoms with Crippen molar-refractivity contribution in [1.82, 2.24) is 0 Å². The van der Waals surface area contributed by atoms with Crippen LogP contribution in [0.4, 0.5) is 0 Å². The van der Waals surface area contributed by atoms with Gasteiger partial charge >= 0.3 is 11.9 Å². The van der Waals surface area contributed by atoms with E-state index in [1.54, 1.807) is 30.3 Å². The summed E-state index contributed by atoms with van der Waals surface area (Å²) >= 11 is 0. The highest BCUT2D eigenvalue weighted by molar-refractivity contribution is 6.01. The Hall–Kier alpha value is -3.15. The zero-order valence-corrected chi connectivity index (χ0v) is 19.1. The number of ether oxygens (including phenoxy) is 3. The third-order valence-electron chi connectivity index (χ3n) is 5.89. The molecule has 1 aromatic rings. The molecule has 6 heteroatoms. The Labute approximate surface area is 188 Å². The van der Waals surface area contributed by atoms with Gasteiger partial charge in [0.2, 0.25) is 0 Å². The maximum absolute atomic E-state index is 12.9. The largest absolute Gasteiger partial charge is 0.496 e. The summed E-state index contributed by atoms with van der Waals surface area (Å²) in [4.78, 5) is 37.9. The van der Waals surface area contributed by atoms with Gasteiger partial charge < -0.3 is 14.2 Å². The first-order chi connectivity index (χ1) is 15.2. The highest BCUT2D eigenvalue weighted by Gasteiger charge is 2.55. The summed E-state index contributed by atoms with van der Waals surface area (Å²) in [5.74, 6) is -0.722. The Kier molecular flexibility index (Phi) is 7.33. The van der Waals surface area contributed by atoms with Crippen LogP contribution in [-0.2, 0) is 19.1 Å². The van der Waals surface area contributed by atoms with Crippen LogP contribution in [0.3, 0.4) is 0 Å². The molecule has 3 atom stereocenters. The van der Waals surface area contributed by atoms with Gasteiger partial charge in [0.15, 0.2) is 5.78 Å². The second-order valence-corrected chi connectivity index (χ2v) is 8.65. The van der Waals surface area contributed by atoms with E-state index in [0.717, 1.165) is 18.4 Å². The van der Waals surface area contributed by atoms with Crippen LogP contribution < -0.4 is 4.74 Å². The molecule has 1 aliphatic carbocycles. The van der Waals surface area contributed by atoms with Gasteiger partial charge in [-0.25, -0.2) is 4.79 Å². The Morgan fingerprint density at radius 3 is 2.69 bits per heavy atom. The molecule has 2 aliphatic rings. The average Bonchev–Trinajstić information content (AvgIpc) is 3.05. The zero-order chi connectivity index (χ0) is 23.3. The van der Waals surface area contributed by atoms with Crippen molar-refractivity contribution in [1.29, 1.82) is 0 Å². The summed E-state index contributed by atoms with van der Waals surface area (Å²) in [6.07, 6.45) is 7.54. The standard InChI is InChI=1S/C26H30O6/c1-17(2)8-7-9-18(3)14-23-26(16-24(28)32-23)15-19(12-13-22(26)27)31-25(29)20-10-5-6-11-21(20)30-4/h5-6,8,10-14,19,23H,7,9,15-16H2,1-4H3/b18-14+/t19-,23-,26+/m1/s1. The second-order valence-electron chi connectivity index (χ2n) is 8.65. The predicted octanol–water partition coefficient (Wildman–Crippen LogP) is 4.74. The molecular weight excluding hydrogens is 408 g/mol. The van der Waals surface area contributed by atoms with Gasteiger partial charge in [0.1, 0.15) is 23.5 Å². The Bertz CT molecular complexity index is 982. The molecule has 0 N–H and O–H groups in total. The maximum atomic E-state index is 12.9. The fourth-order valence-corrected chi connectivity index (χ4v) is 4.18. The summed E-state index contributed by atoms with van der Waals surface area (Å²) in [5.41, 5.74) is 1.54. The molecule has 32 heavy (non-hydrogen) atoms. The van der Waals surface area contributed by atoms with Crippen LogP contribution in [0.15, 0.2) is 59.7 Å². The van der Waals surface area contributed by atoms with Crippen molar-refractivity contribution >= 4 is 17.7 Å². The van der Waals surface area contributed by atoms with E-state index < -0.39 is 29.6 Å². The van der Waals surface area contributed by atoms with E-state index in [-0.39, 0.29) is 18.6 Å². The third kappa shape index (κ3) is 5.18. The minimum absolute atomic E-state index is 0.0265. The van der Waals surface area contributed by atoms with Crippen LogP contribution in [-0.4, -0.2) is 37.0 Å². The monoisotopic (exact) mass is 438 g/mol. The first-order valence-electron chi connectivity index (χ1n) is 10.8. The number of ketones is 1. The number of allylic oxidation sites excluding steroid dienone is 4. The van der Waals surface area contributed by atoms with Gasteiger partial charge in [-0.1, -0.05) is 29.4 Å². The van der Waals surface area contributed by atoms with Gasteiger partial charge in [-0.2, -0.15) is 0 Å². The fourth-order valence-electron chi connectivity index (χ4n) is 4.18. The van der Waals surface area contributed by atoms with E-state index in [2.05, 4.69) is 6.08 Å². The number of para-hydroxylation sites is 1. The summed E-state index contributed by atoms with van der Waals surface area (Å²) in [5, 5.41) is 0. The Morgan fingerprint density at radius 2 is 1.97 bits per heavy atom. The van der Waals surface area contributed by atoms with Crippen molar-refractivity contribution in [2.75, 3.05) is 7.11 Å². The van der Waals surface area contributed by atoms with Gasteiger partial charge in [-0.15, -0.1) is 0 Å². The van der Waals surface area contributed by atoms with E-state index in [0.29, 0.717) is 11.3 Å². The van der Waals surface area contributed by atoms with Crippen molar-refractivity contribution < 1.29 is 28.6 Å². The Balaban J connectivity index is 1.79. The number of carbonyl (C=O) groups is 3. The molecular formula is C26H30O6. The lowest BCUT2D eigenvalue weighted by Crippen LogP contribution is -2.43. The molecule has 1 saturated heterocycles. The van der Waals surface area contributed by atoms with E-state index >= 15 is 0 Å². The van der Waals surface area contributed by atoms with Gasteiger partial charge in [0, 0.05) is 6.42 Å². The maximum Gasteiger partial charge on any atom is 0.342 e. The molecule has 170 valence electrons. The highest BCUT2D eigenvalue weighted by atomic mass is 16.6. The number of hydrogen-bond acceptors (Lipinski definition) is 6. The molecule has 0 bridgehead atoms. The molecule has 6 nitrogen and oxygen atoms in total. The van der Waals surface area contributed by atoms with E-state index in [1.165, 1.54) is 18.8 Å². The van der Waals surface area contributed by atoms with Gasteiger partial charge in [-0.3, -0.25) is 9.59 Å². The molecule has 1 aromatic carbocycles. The smallest absolute Gasteiger partial charge is 0.342 e. The van der Waals surface area contributed by atoms with Crippen molar-refractivity contribution in [2.24, 2.45) is 5.41 Å². The molecule has 1 spiro atoms. The number of benzene rings is 1. The number of esters is 2. The molecule has 0 saturated carbocycles. The third-order valence-corrected chi connectivity index (χ3v) is 5.89. The normalized spacial score (nSPS) is 24.9. The second kappa shape index (κ2) is 9.98. The minimum atomic E-state index is -1.06. The summed E-state index contributed by atoms with van der Waals surface area (Å²) in [7, 11) is 1.48. The predicted molar refractivity (Wildman–Crippen MR) is 120 cm³/mol. The first-order valence-corrected chi connectivity index (χ1v) is 10.8. The van der Waals surface area contributed by atoms with Gasteiger partial charge in [-0.05, 0) is 64.0 Å². The molecule has 0 unspecified atom stereocenters. The fraction of sp³-hybridized carbons (Fsp3) is 0.423. The lowest BCUT2D eigenvalue weighted by molar-refractivity contribution is -0.140. The molecule has 0 radical (unpaired) electrons. The van der Waals surface area contributed by atoms with Crippen molar-refractivity contribution in [3.05, 3.63) is 65.3 Å². The topological polar surface area (TPSA) is 78.9 Å². The highest BCUT2D eigenvalue weighted by Crippen LogP contribution is 2.45. The molecule has 0 amide bonds. The SMILES string of the molecule is COc1ccccc1C(=O)O[C@@H]1C=CC(=O)[C@@]2(CC(=O)O[C@@H]2/C=C(\C)CCC=C(C)C)C1. The Morgan fingerprint density at radius 1 is 1.22 bits per heavy atom. The minimum Gasteiger partial charge on any atom is -0.496 e. The summed E-state index contributed by atoms with van der Waals surface area (Å²) < 4.78 is 16.5. The van der Waals surface area contributed by atoms with Gasteiger partial charge in [0.25, 0.3) is 0 Å². The molecule has 0 aromatic heterocycles. The van der Waals surface area contributed by atoms with Crippen molar-refractivity contribution in [3.8, 4) is 5.75 Å². The van der Waals surface area contributed by atoms with Crippen LogP contribution in [0.5, 0.6) is 5.75 Å². The summed E-state index contributed by atoms with van der Waals surface area (Å²) in [6.45, 7) is 6.07. The lowest BCUT2D eigenvalue weighted by atomic mass is 9.69. The number of methoxy groups -OCH3 is 1. The number of rotatable bonds is 7.